The van der Waals surface area contributed by atoms with Crippen LogP contribution in [-0.2, 0) is 19.4 Å². The van der Waals surface area contributed by atoms with Gasteiger partial charge in [0.1, 0.15) is 11.3 Å². The minimum absolute atomic E-state index is 0.136. The number of sulfone groups is 1. The molecule has 9 nitrogen and oxygen atoms in total. The molecule has 0 bridgehead atoms. The summed E-state index contributed by atoms with van der Waals surface area (Å²) in [5.74, 6) is -2.26. The summed E-state index contributed by atoms with van der Waals surface area (Å²) >= 11 is 0. The van der Waals surface area contributed by atoms with E-state index in [-0.39, 0.29) is 39.3 Å². The largest absolute Gasteiger partial charge is 0.511 e. The molecule has 1 aliphatic heterocycles. The SMILES string of the molecule is CC(=O)Nc1c(C)cc(C)c([NH+]=c2ccc3c(-c4ccccc4C(=O)[C-](OC(F)(F)F)S(=O)(=O)C(F)(F)F)c4ccc(Nc5c(C)cc(C)cc5C)cc4oc-3c2)c1C. The van der Waals surface area contributed by atoms with Crippen molar-refractivity contribution in [2.45, 2.75) is 60.3 Å². The fourth-order valence-corrected chi connectivity index (χ4v) is 7.96. The Kier molecular flexibility index (Phi) is 11.2. The summed E-state index contributed by atoms with van der Waals surface area (Å²) < 4.78 is 116. The van der Waals surface area contributed by atoms with E-state index >= 15 is 0 Å². The Labute approximate surface area is 335 Å². The van der Waals surface area contributed by atoms with Crippen LogP contribution in [-0.4, -0.2) is 32.0 Å². The van der Waals surface area contributed by atoms with Crippen LogP contribution in [0.5, 0.6) is 0 Å². The Bertz CT molecular complexity index is 2810. The number of carbonyl (C=O) groups excluding carboxylic acids is 2. The molecule has 3 N–H and O–H groups in total. The summed E-state index contributed by atoms with van der Waals surface area (Å²) in [7, 11) is -6.94. The lowest BCUT2D eigenvalue weighted by molar-refractivity contribution is -0.403. The van der Waals surface area contributed by atoms with Crippen molar-refractivity contribution in [3.05, 3.63) is 129 Å². The first-order valence-electron chi connectivity index (χ1n) is 17.9. The first kappa shape index (κ1) is 42.5. The second-order valence-corrected chi connectivity index (χ2v) is 16.0. The van der Waals surface area contributed by atoms with E-state index in [1.165, 1.54) is 19.1 Å². The first-order valence-corrected chi connectivity index (χ1v) is 19.4. The zero-order valence-corrected chi connectivity index (χ0v) is 33.4. The lowest BCUT2D eigenvalue weighted by Crippen LogP contribution is -2.71. The van der Waals surface area contributed by atoms with E-state index in [9.17, 15) is 44.3 Å². The summed E-state index contributed by atoms with van der Waals surface area (Å²) in [6.45, 7) is 12.8. The second-order valence-electron chi connectivity index (χ2n) is 14.1. The number of hydrogen-bond acceptors (Lipinski definition) is 7. The Morgan fingerprint density at radius 3 is 2.03 bits per heavy atom. The number of Topliss-reactive ketones (excluding diaryl/α,β-unsaturated/α-hetero) is 1. The fourth-order valence-electron chi connectivity index (χ4n) is 7.19. The number of carbonyl (C=O) groups is 2. The highest BCUT2D eigenvalue weighted by molar-refractivity contribution is 7.95. The lowest BCUT2D eigenvalue weighted by Gasteiger charge is -2.29. The van der Waals surface area contributed by atoms with Crippen LogP contribution in [0, 0.1) is 47.0 Å². The van der Waals surface area contributed by atoms with Crippen LogP contribution in [0.25, 0.3) is 33.4 Å². The molecule has 59 heavy (non-hydrogen) atoms. The summed E-state index contributed by atoms with van der Waals surface area (Å²) in [6, 6.07) is 20.4. The van der Waals surface area contributed by atoms with Crippen molar-refractivity contribution >= 4 is 55.2 Å². The van der Waals surface area contributed by atoms with Gasteiger partial charge in [-0.15, -0.1) is 24.8 Å². The molecule has 6 rings (SSSR count). The van der Waals surface area contributed by atoms with Crippen molar-refractivity contribution in [2.75, 3.05) is 10.6 Å². The molecule has 16 heteroatoms. The number of nitrogens with one attached hydrogen (secondary N) is 3. The first-order chi connectivity index (χ1) is 27.5. The molecule has 4 aromatic rings. The minimum Gasteiger partial charge on any atom is -0.456 e. The number of rotatable bonds is 9. The molecular weight excluding hydrogens is 801 g/mol. The number of anilines is 3. The lowest BCUT2D eigenvalue weighted by atomic mass is 9.89. The molecule has 2 aliphatic rings. The molecule has 1 heterocycles. The molecule has 0 saturated carbocycles. The Balaban J connectivity index is 1.63. The van der Waals surface area contributed by atoms with Crippen molar-refractivity contribution in [1.29, 1.82) is 0 Å². The maximum atomic E-state index is 13.8. The molecule has 308 valence electrons. The van der Waals surface area contributed by atoms with Gasteiger partial charge in [0, 0.05) is 52.5 Å². The normalized spacial score (nSPS) is 12.6. The summed E-state index contributed by atoms with van der Waals surface area (Å²) in [6.07, 6.45) is -5.97. The molecule has 0 atom stereocenters. The van der Waals surface area contributed by atoms with Crippen molar-refractivity contribution in [2.24, 2.45) is 0 Å². The number of ketones is 1. The van der Waals surface area contributed by atoms with Gasteiger partial charge in [0.25, 0.3) is 0 Å². The van der Waals surface area contributed by atoms with Gasteiger partial charge >= 0.3 is 11.9 Å². The van der Waals surface area contributed by atoms with Crippen molar-refractivity contribution < 1.29 is 58.5 Å². The van der Waals surface area contributed by atoms with Crippen LogP contribution < -0.4 is 21.0 Å². The van der Waals surface area contributed by atoms with E-state index < -0.39 is 38.5 Å². The standard InChI is InChI=1S/C43H36F6N3O6S/c1-21-16-22(2)37(23(3)17-21)51-28-12-14-32-34(19-28)57-35-20-29(52-39-25(5)18-24(4)38(26(39)6)50-27(7)53)13-15-33(35)36(32)30-10-8-9-11-31(30)40(54)41(58-42(44,45)46)59(55,56)43(47,48)49/h8-20,51H,1-7H3,(H,50,53)/q-1/p+1. The van der Waals surface area contributed by atoms with E-state index in [2.05, 4.69) is 20.4 Å². The topological polar surface area (TPSA) is 129 Å². The molecule has 1 aliphatic carbocycles. The molecule has 0 spiro atoms. The molecule has 4 aromatic carbocycles. The predicted octanol–water partition coefficient (Wildman–Crippen LogP) is 9.21. The maximum absolute atomic E-state index is 13.8. The van der Waals surface area contributed by atoms with Crippen molar-refractivity contribution in [3.63, 3.8) is 0 Å². The van der Waals surface area contributed by atoms with Crippen molar-refractivity contribution in [3.8, 4) is 22.5 Å². The number of aryl methyl sites for hydroxylation is 5. The molecule has 0 radical (unpaired) electrons. The van der Waals surface area contributed by atoms with E-state index in [1.54, 1.807) is 36.4 Å². The molecule has 1 amide bonds. The molecule has 0 unspecified atom stereocenters. The number of benzene rings is 5. The minimum atomic E-state index is -6.94. The van der Waals surface area contributed by atoms with Crippen LogP contribution >= 0.6 is 0 Å². The van der Waals surface area contributed by atoms with Gasteiger partial charge in [-0.1, -0.05) is 41.5 Å². The van der Waals surface area contributed by atoms with Crippen LogP contribution in [0.1, 0.15) is 50.7 Å². The third kappa shape index (κ3) is 8.54. The van der Waals surface area contributed by atoms with E-state index in [4.69, 9.17) is 4.42 Å². The van der Waals surface area contributed by atoms with E-state index in [1.807, 2.05) is 59.7 Å². The van der Waals surface area contributed by atoms with Gasteiger partial charge in [-0.3, -0.25) is 4.79 Å². The van der Waals surface area contributed by atoms with Gasteiger partial charge in [0.05, 0.1) is 23.0 Å². The smallest absolute Gasteiger partial charge is 0.456 e. The Morgan fingerprint density at radius 2 is 1.41 bits per heavy atom. The van der Waals surface area contributed by atoms with Crippen LogP contribution in [0.4, 0.5) is 49.1 Å². The third-order valence-electron chi connectivity index (χ3n) is 9.59. The number of fused-ring (bicyclic) bond motifs is 2. The average Bonchev–Trinajstić information content (AvgIpc) is 3.13. The summed E-state index contributed by atoms with van der Waals surface area (Å²) in [4.78, 5) is 29.1. The predicted molar refractivity (Wildman–Crippen MR) is 211 cm³/mol. The van der Waals surface area contributed by atoms with Crippen LogP contribution in [0.15, 0.2) is 83.3 Å². The Morgan fingerprint density at radius 1 is 0.763 bits per heavy atom. The van der Waals surface area contributed by atoms with Gasteiger partial charge in [0.15, 0.2) is 0 Å². The van der Waals surface area contributed by atoms with E-state index in [0.717, 1.165) is 51.2 Å². The van der Waals surface area contributed by atoms with Gasteiger partial charge in [-0.2, -0.15) is 13.2 Å². The third-order valence-corrected chi connectivity index (χ3v) is 11.0. The highest BCUT2D eigenvalue weighted by Gasteiger charge is 2.52. The fraction of sp³-hybridized carbons (Fsp3) is 0.209. The zero-order valence-electron chi connectivity index (χ0n) is 32.6. The monoisotopic (exact) mass is 837 g/mol. The second kappa shape index (κ2) is 15.6. The van der Waals surface area contributed by atoms with E-state index in [0.29, 0.717) is 22.4 Å². The molecule has 0 aromatic heterocycles. The van der Waals surface area contributed by atoms with Gasteiger partial charge in [0.2, 0.25) is 26.8 Å². The summed E-state index contributed by atoms with van der Waals surface area (Å²) in [5.41, 5.74) is -1.55. The number of halogens is 6. The summed E-state index contributed by atoms with van der Waals surface area (Å²) in [5, 5.41) is 7.01. The quantitative estimate of drug-likeness (QED) is 0.0574. The highest BCUT2D eigenvalue weighted by atomic mass is 32.2. The molecule has 0 saturated heterocycles. The van der Waals surface area contributed by atoms with Crippen molar-refractivity contribution in [1.82, 2.24) is 0 Å². The number of amides is 1. The maximum Gasteiger partial charge on any atom is 0.511 e. The van der Waals surface area contributed by atoms with Crippen LogP contribution in [0.3, 0.4) is 0 Å². The number of alkyl halides is 6. The Hall–Kier alpha value is -6.13. The molecular formula is C43H37F6N3O6S. The van der Waals surface area contributed by atoms with Gasteiger partial charge < -0.3 is 24.6 Å². The van der Waals surface area contributed by atoms with Crippen LogP contribution in [0.2, 0.25) is 0 Å². The zero-order chi connectivity index (χ0) is 43.4. The number of ether oxygens (including phenoxy) is 1. The van der Waals surface area contributed by atoms with Gasteiger partial charge in [-0.05, 0) is 88.1 Å². The number of hydrogen-bond donors (Lipinski definition) is 3. The van der Waals surface area contributed by atoms with Gasteiger partial charge in [-0.25, -0.2) is 13.4 Å². The molecule has 0 fully saturated rings. The highest BCUT2D eigenvalue weighted by Crippen LogP contribution is 2.44. The average molecular weight is 838 g/mol.